The van der Waals surface area contributed by atoms with Gasteiger partial charge < -0.3 is 14.4 Å². The number of hydrogen-bond donors (Lipinski definition) is 0. The highest BCUT2D eigenvalue weighted by molar-refractivity contribution is 5.90. The minimum absolute atomic E-state index is 0.0398. The standard InChI is InChI=1S/C28H27F2N7O4/c1-27(2,3)41-25(38)35-12-20-21(13-35)28(20,15-31)23-7-4-16(9-32-23)19-6-5-17(8-22(19)29)37-11-18(40-26(37)39)10-36-14-24(30)33-34-36/h4-9,14,18,20-21H,10-13H2,1-3H3/t18-,20-,21+,28?/m0/s1. The van der Waals surface area contributed by atoms with Crippen LogP contribution in [0.4, 0.5) is 24.1 Å². The van der Waals surface area contributed by atoms with Gasteiger partial charge in [0.15, 0.2) is 0 Å². The Morgan fingerprint density at radius 3 is 2.54 bits per heavy atom. The van der Waals surface area contributed by atoms with E-state index >= 15 is 4.39 Å². The Labute approximate surface area is 234 Å². The molecule has 0 N–H and O–H groups in total. The van der Waals surface area contributed by atoms with E-state index in [4.69, 9.17) is 9.47 Å². The number of halogens is 2. The van der Waals surface area contributed by atoms with Gasteiger partial charge in [0.05, 0.1) is 36.7 Å². The van der Waals surface area contributed by atoms with Crippen LogP contribution in [0.1, 0.15) is 26.5 Å². The van der Waals surface area contributed by atoms with Crippen molar-refractivity contribution in [3.8, 4) is 17.2 Å². The van der Waals surface area contributed by atoms with E-state index in [1.54, 1.807) is 29.2 Å². The van der Waals surface area contributed by atoms with E-state index in [1.165, 1.54) is 21.8 Å². The van der Waals surface area contributed by atoms with Crippen molar-refractivity contribution in [1.29, 1.82) is 5.26 Å². The number of carbonyl (C=O) groups excluding carboxylic acids is 2. The minimum Gasteiger partial charge on any atom is -0.444 e. The van der Waals surface area contributed by atoms with Crippen LogP contribution in [0.2, 0.25) is 0 Å². The molecule has 11 nitrogen and oxygen atoms in total. The van der Waals surface area contributed by atoms with Crippen LogP contribution >= 0.6 is 0 Å². The number of ether oxygens (including phenoxy) is 2. The van der Waals surface area contributed by atoms with Gasteiger partial charge in [-0.1, -0.05) is 16.4 Å². The molecule has 1 aliphatic carbocycles. The van der Waals surface area contributed by atoms with Crippen molar-refractivity contribution < 1.29 is 27.8 Å². The van der Waals surface area contributed by atoms with Gasteiger partial charge in [0, 0.05) is 42.2 Å². The molecule has 3 fully saturated rings. The van der Waals surface area contributed by atoms with Crippen molar-refractivity contribution in [2.24, 2.45) is 11.8 Å². The van der Waals surface area contributed by atoms with Gasteiger partial charge in [0.2, 0.25) is 0 Å². The fraction of sp³-hybridized carbons (Fsp3) is 0.429. The number of cyclic esters (lactones) is 1. The maximum atomic E-state index is 15.2. The molecule has 4 heterocycles. The predicted molar refractivity (Wildman–Crippen MR) is 139 cm³/mol. The van der Waals surface area contributed by atoms with E-state index in [1.807, 2.05) is 20.8 Å². The number of carbonyl (C=O) groups is 2. The third kappa shape index (κ3) is 4.73. The van der Waals surface area contributed by atoms with Crippen molar-refractivity contribution in [2.75, 3.05) is 24.5 Å². The SMILES string of the molecule is CC(C)(C)OC(=O)N1C[C@@H]2[C@H](C1)C2(C#N)c1ccc(-c2ccc(N3C[C@H](Cn4cc(F)nn4)OC3=O)cc2F)cn1. The van der Waals surface area contributed by atoms with Crippen LogP contribution in [0.25, 0.3) is 11.1 Å². The summed E-state index contributed by atoms with van der Waals surface area (Å²) >= 11 is 0. The molecule has 2 amide bonds. The van der Waals surface area contributed by atoms with Gasteiger partial charge in [0.25, 0.3) is 5.95 Å². The summed E-state index contributed by atoms with van der Waals surface area (Å²) in [6.07, 6.45) is 0.993. The topological polar surface area (TPSA) is 126 Å². The van der Waals surface area contributed by atoms with Crippen LogP contribution in [-0.2, 0) is 21.4 Å². The molecule has 6 rings (SSSR count). The van der Waals surface area contributed by atoms with E-state index in [-0.39, 0.29) is 36.6 Å². The lowest BCUT2D eigenvalue weighted by Crippen LogP contribution is -2.39. The average Bonchev–Trinajstić information content (AvgIpc) is 3.34. The summed E-state index contributed by atoms with van der Waals surface area (Å²) in [4.78, 5) is 32.3. The van der Waals surface area contributed by atoms with E-state index in [0.29, 0.717) is 30.0 Å². The number of piperidine rings is 1. The van der Waals surface area contributed by atoms with Gasteiger partial charge in [-0.15, -0.1) is 0 Å². The molecule has 2 aliphatic heterocycles. The average molecular weight is 564 g/mol. The van der Waals surface area contributed by atoms with Crippen LogP contribution < -0.4 is 4.90 Å². The molecular weight excluding hydrogens is 536 g/mol. The smallest absolute Gasteiger partial charge is 0.414 e. The second-order valence-corrected chi connectivity index (χ2v) is 11.6. The maximum Gasteiger partial charge on any atom is 0.414 e. The Morgan fingerprint density at radius 1 is 1.20 bits per heavy atom. The molecule has 4 atom stereocenters. The predicted octanol–water partition coefficient (Wildman–Crippen LogP) is 3.90. The molecule has 3 aliphatic rings. The fourth-order valence-corrected chi connectivity index (χ4v) is 5.81. The molecule has 0 bridgehead atoms. The third-order valence-electron chi connectivity index (χ3n) is 7.76. The number of nitrogens with zero attached hydrogens (tertiary/aromatic N) is 7. The molecule has 212 valence electrons. The summed E-state index contributed by atoms with van der Waals surface area (Å²) in [5, 5.41) is 16.9. The van der Waals surface area contributed by atoms with E-state index in [2.05, 4.69) is 21.4 Å². The summed E-state index contributed by atoms with van der Waals surface area (Å²) < 4.78 is 40.3. The van der Waals surface area contributed by atoms with Gasteiger partial charge in [0.1, 0.15) is 22.9 Å². The minimum atomic E-state index is -0.788. The molecular formula is C28H27F2N7O4. The van der Waals surface area contributed by atoms with Crippen molar-refractivity contribution in [1.82, 2.24) is 24.9 Å². The Morgan fingerprint density at radius 2 is 1.95 bits per heavy atom. The highest BCUT2D eigenvalue weighted by Gasteiger charge is 2.71. The number of likely N-dealkylation sites (tertiary alicyclic amines) is 1. The second-order valence-electron chi connectivity index (χ2n) is 11.6. The lowest BCUT2D eigenvalue weighted by Gasteiger charge is -2.27. The van der Waals surface area contributed by atoms with Gasteiger partial charge in [-0.05, 0) is 45.0 Å². The van der Waals surface area contributed by atoms with Crippen LogP contribution in [0, 0.1) is 34.9 Å². The fourth-order valence-electron chi connectivity index (χ4n) is 5.81. The summed E-state index contributed by atoms with van der Waals surface area (Å²) in [6.45, 7) is 6.52. The van der Waals surface area contributed by atoms with Gasteiger partial charge in [-0.2, -0.15) is 9.65 Å². The van der Waals surface area contributed by atoms with E-state index in [9.17, 15) is 19.2 Å². The molecule has 1 aromatic carbocycles. The highest BCUT2D eigenvalue weighted by atomic mass is 19.1. The highest BCUT2D eigenvalue weighted by Crippen LogP contribution is 2.62. The number of fused-ring (bicyclic) bond motifs is 1. The first-order chi connectivity index (χ1) is 19.5. The summed E-state index contributed by atoms with van der Waals surface area (Å²) in [5.41, 5.74) is 0.330. The zero-order valence-electron chi connectivity index (χ0n) is 22.6. The van der Waals surface area contributed by atoms with Gasteiger partial charge >= 0.3 is 12.2 Å². The first kappa shape index (κ1) is 26.6. The number of amides is 2. The van der Waals surface area contributed by atoms with Crippen molar-refractivity contribution in [3.63, 3.8) is 0 Å². The molecule has 2 aromatic heterocycles. The van der Waals surface area contributed by atoms with Crippen molar-refractivity contribution in [3.05, 3.63) is 60.2 Å². The van der Waals surface area contributed by atoms with Crippen molar-refractivity contribution in [2.45, 2.75) is 44.4 Å². The van der Waals surface area contributed by atoms with Gasteiger partial charge in [-0.3, -0.25) is 9.88 Å². The Hall–Kier alpha value is -4.60. The zero-order valence-corrected chi connectivity index (χ0v) is 22.6. The largest absolute Gasteiger partial charge is 0.444 e. The Bertz CT molecular complexity index is 1550. The molecule has 2 saturated heterocycles. The lowest BCUT2D eigenvalue weighted by molar-refractivity contribution is 0.0265. The normalized spacial score (nSPS) is 25.1. The van der Waals surface area contributed by atoms with Crippen LogP contribution in [-0.4, -0.2) is 68.4 Å². The summed E-state index contributed by atoms with van der Waals surface area (Å²) in [5.74, 6) is -1.37. The maximum absolute atomic E-state index is 15.2. The molecule has 1 unspecified atom stereocenters. The summed E-state index contributed by atoms with van der Waals surface area (Å²) in [6, 6.07) is 10.3. The number of pyridine rings is 1. The lowest BCUT2D eigenvalue weighted by atomic mass is 9.95. The molecule has 13 heteroatoms. The molecule has 0 spiro atoms. The Balaban J connectivity index is 1.13. The quantitative estimate of drug-likeness (QED) is 0.458. The molecule has 1 saturated carbocycles. The Kier molecular flexibility index (Phi) is 6.17. The molecule has 0 radical (unpaired) electrons. The van der Waals surface area contributed by atoms with E-state index in [0.717, 1.165) is 6.20 Å². The summed E-state index contributed by atoms with van der Waals surface area (Å²) in [7, 11) is 0. The number of nitriles is 1. The third-order valence-corrected chi connectivity index (χ3v) is 7.76. The zero-order chi connectivity index (χ0) is 29.1. The first-order valence-electron chi connectivity index (χ1n) is 13.2. The number of benzene rings is 1. The van der Waals surface area contributed by atoms with Crippen LogP contribution in [0.5, 0.6) is 0 Å². The van der Waals surface area contributed by atoms with Crippen LogP contribution in [0.15, 0.2) is 42.7 Å². The number of anilines is 1. The molecule has 41 heavy (non-hydrogen) atoms. The number of hydrogen-bond acceptors (Lipinski definition) is 8. The van der Waals surface area contributed by atoms with Gasteiger partial charge in [-0.25, -0.2) is 18.7 Å². The van der Waals surface area contributed by atoms with E-state index < -0.39 is 35.0 Å². The molecule has 3 aromatic rings. The van der Waals surface area contributed by atoms with Crippen molar-refractivity contribution >= 4 is 17.9 Å². The number of rotatable bonds is 5. The number of aromatic nitrogens is 4. The second kappa shape index (κ2) is 9.50. The first-order valence-corrected chi connectivity index (χ1v) is 13.2. The van der Waals surface area contributed by atoms with Crippen LogP contribution in [0.3, 0.4) is 0 Å². The monoisotopic (exact) mass is 563 g/mol.